The first kappa shape index (κ1) is 16.1. The monoisotopic (exact) mass is 324 g/mol. The van der Waals surface area contributed by atoms with Crippen molar-refractivity contribution in [3.63, 3.8) is 0 Å². The molecule has 5 nitrogen and oxygen atoms in total. The normalized spacial score (nSPS) is 13.4. The molecule has 124 valence electrons. The zero-order valence-electron chi connectivity index (χ0n) is 13.6. The number of hydrogen-bond acceptors (Lipinski definition) is 3. The highest BCUT2D eigenvalue weighted by Crippen LogP contribution is 2.26. The van der Waals surface area contributed by atoms with E-state index in [1.807, 2.05) is 42.5 Å². The van der Waals surface area contributed by atoms with Gasteiger partial charge < -0.3 is 10.1 Å². The van der Waals surface area contributed by atoms with Crippen molar-refractivity contribution < 1.29 is 14.3 Å². The van der Waals surface area contributed by atoms with Gasteiger partial charge in [0.2, 0.25) is 0 Å². The number of nitrogens with zero attached hydrogens (tertiary/aromatic N) is 1. The maximum absolute atomic E-state index is 12.5. The highest BCUT2D eigenvalue weighted by atomic mass is 16.5. The minimum atomic E-state index is -0.176. The molecule has 1 heterocycles. The minimum Gasteiger partial charge on any atom is -0.496 e. The van der Waals surface area contributed by atoms with Gasteiger partial charge in [0, 0.05) is 25.1 Å². The molecule has 5 heteroatoms. The van der Waals surface area contributed by atoms with Crippen LogP contribution in [0.2, 0.25) is 0 Å². The number of ether oxygens (including phenoxy) is 1. The molecule has 2 aromatic rings. The molecular formula is C19H20N2O3. The fourth-order valence-corrected chi connectivity index (χ4v) is 2.93. The van der Waals surface area contributed by atoms with E-state index in [9.17, 15) is 9.59 Å². The zero-order chi connectivity index (χ0) is 16.9. The molecule has 0 spiro atoms. The molecule has 3 rings (SSSR count). The number of benzene rings is 2. The third-order valence-corrected chi connectivity index (χ3v) is 4.17. The number of methoxy groups -OCH3 is 1. The molecule has 0 saturated carbocycles. The Hall–Kier alpha value is -2.82. The van der Waals surface area contributed by atoms with Gasteiger partial charge in [0.25, 0.3) is 0 Å². The number of carbonyl (C=O) groups is 2. The van der Waals surface area contributed by atoms with Crippen molar-refractivity contribution in [1.29, 1.82) is 0 Å². The quantitative estimate of drug-likeness (QED) is 0.940. The molecule has 0 saturated heterocycles. The first-order valence-corrected chi connectivity index (χ1v) is 8.00. The molecule has 2 aromatic carbocycles. The summed E-state index contributed by atoms with van der Waals surface area (Å²) in [6, 6.07) is 14.8. The van der Waals surface area contributed by atoms with Crippen molar-refractivity contribution in [2.75, 3.05) is 25.1 Å². The van der Waals surface area contributed by atoms with Crippen LogP contribution in [0.3, 0.4) is 0 Å². The second kappa shape index (κ2) is 7.17. The van der Waals surface area contributed by atoms with Gasteiger partial charge in [-0.15, -0.1) is 0 Å². The standard InChI is InChI=1S/C19H20N2O3/c1-24-18-9-5-2-6-14(18)10-12-20-19(23)21-13-11-17(22)15-7-3-4-8-16(15)21/h2-9H,10-13H2,1H3,(H,20,23). The number of nitrogens with one attached hydrogen (secondary N) is 1. The molecule has 2 amide bonds. The largest absolute Gasteiger partial charge is 0.496 e. The molecule has 0 unspecified atom stereocenters. The maximum Gasteiger partial charge on any atom is 0.321 e. The van der Waals surface area contributed by atoms with Gasteiger partial charge in [-0.05, 0) is 30.2 Å². The van der Waals surface area contributed by atoms with E-state index in [0.717, 1.165) is 11.3 Å². The topological polar surface area (TPSA) is 58.6 Å². The Morgan fingerprint density at radius 3 is 2.75 bits per heavy atom. The minimum absolute atomic E-state index is 0.0867. The van der Waals surface area contributed by atoms with E-state index in [0.29, 0.717) is 37.2 Å². The summed E-state index contributed by atoms with van der Waals surface area (Å²) in [5.41, 5.74) is 2.35. The lowest BCUT2D eigenvalue weighted by Crippen LogP contribution is -2.44. The van der Waals surface area contributed by atoms with Crippen LogP contribution in [0, 0.1) is 0 Å². The highest BCUT2D eigenvalue weighted by molar-refractivity contribution is 6.08. The molecule has 0 aliphatic carbocycles. The first-order valence-electron chi connectivity index (χ1n) is 8.00. The lowest BCUT2D eigenvalue weighted by Gasteiger charge is -2.28. The molecule has 0 aromatic heterocycles. The maximum atomic E-state index is 12.5. The SMILES string of the molecule is COc1ccccc1CCNC(=O)N1CCC(=O)c2ccccc21. The van der Waals surface area contributed by atoms with Gasteiger partial charge in [-0.3, -0.25) is 9.69 Å². The van der Waals surface area contributed by atoms with E-state index in [2.05, 4.69) is 5.32 Å². The van der Waals surface area contributed by atoms with Crippen molar-refractivity contribution in [2.24, 2.45) is 0 Å². The summed E-state index contributed by atoms with van der Waals surface area (Å²) in [6.45, 7) is 0.919. The van der Waals surface area contributed by atoms with E-state index in [1.54, 1.807) is 18.1 Å². The molecule has 1 aliphatic rings. The Balaban J connectivity index is 1.64. The Bertz CT molecular complexity index is 758. The van der Waals surface area contributed by atoms with Crippen LogP contribution in [-0.2, 0) is 6.42 Å². The van der Waals surface area contributed by atoms with Crippen LogP contribution in [0.1, 0.15) is 22.3 Å². The number of rotatable bonds is 4. The van der Waals surface area contributed by atoms with Crippen molar-refractivity contribution in [1.82, 2.24) is 5.32 Å². The summed E-state index contributed by atoms with van der Waals surface area (Å²) in [6.07, 6.45) is 1.04. The Morgan fingerprint density at radius 2 is 1.92 bits per heavy atom. The number of para-hydroxylation sites is 2. The van der Waals surface area contributed by atoms with Gasteiger partial charge in [0.1, 0.15) is 5.75 Å². The van der Waals surface area contributed by atoms with Crippen molar-refractivity contribution in [2.45, 2.75) is 12.8 Å². The zero-order valence-corrected chi connectivity index (χ0v) is 13.6. The van der Waals surface area contributed by atoms with Gasteiger partial charge >= 0.3 is 6.03 Å². The van der Waals surface area contributed by atoms with Crippen molar-refractivity contribution in [3.05, 3.63) is 59.7 Å². The van der Waals surface area contributed by atoms with Crippen molar-refractivity contribution in [3.8, 4) is 5.75 Å². The van der Waals surface area contributed by atoms with E-state index < -0.39 is 0 Å². The van der Waals surface area contributed by atoms with Gasteiger partial charge in [0.15, 0.2) is 5.78 Å². The third-order valence-electron chi connectivity index (χ3n) is 4.17. The molecule has 0 atom stereocenters. The Labute approximate surface area is 141 Å². The average molecular weight is 324 g/mol. The van der Waals surface area contributed by atoms with Gasteiger partial charge in [-0.1, -0.05) is 30.3 Å². The summed E-state index contributed by atoms with van der Waals surface area (Å²) < 4.78 is 5.32. The fourth-order valence-electron chi connectivity index (χ4n) is 2.93. The van der Waals surface area contributed by atoms with Crippen LogP contribution in [-0.4, -0.2) is 32.0 Å². The smallest absolute Gasteiger partial charge is 0.321 e. The molecule has 1 aliphatic heterocycles. The predicted molar refractivity (Wildman–Crippen MR) is 92.8 cm³/mol. The second-order valence-corrected chi connectivity index (χ2v) is 5.64. The first-order chi connectivity index (χ1) is 11.7. The predicted octanol–water partition coefficient (Wildman–Crippen LogP) is 3.04. The van der Waals surface area contributed by atoms with Crippen LogP contribution in [0.15, 0.2) is 48.5 Å². The number of urea groups is 1. The van der Waals surface area contributed by atoms with Crippen LogP contribution >= 0.6 is 0 Å². The number of Topliss-reactive ketones (excluding diaryl/α,β-unsaturated/α-hetero) is 1. The molecule has 24 heavy (non-hydrogen) atoms. The number of carbonyl (C=O) groups excluding carboxylic acids is 2. The number of amides is 2. The van der Waals surface area contributed by atoms with Crippen LogP contribution in [0.5, 0.6) is 5.75 Å². The lowest BCUT2D eigenvalue weighted by atomic mass is 10.0. The van der Waals surface area contributed by atoms with Gasteiger partial charge in [-0.2, -0.15) is 0 Å². The summed E-state index contributed by atoms with van der Waals surface area (Å²) in [4.78, 5) is 26.1. The van der Waals surface area contributed by atoms with Crippen molar-refractivity contribution >= 4 is 17.5 Å². The van der Waals surface area contributed by atoms with Crippen LogP contribution in [0.4, 0.5) is 10.5 Å². The Kier molecular flexibility index (Phi) is 4.79. The molecule has 0 fully saturated rings. The molecular weight excluding hydrogens is 304 g/mol. The number of anilines is 1. The van der Waals surface area contributed by atoms with E-state index in [1.165, 1.54) is 0 Å². The highest BCUT2D eigenvalue weighted by Gasteiger charge is 2.26. The average Bonchev–Trinajstić information content (AvgIpc) is 2.62. The summed E-state index contributed by atoms with van der Waals surface area (Å²) in [7, 11) is 1.64. The third kappa shape index (κ3) is 3.25. The number of ketones is 1. The molecule has 0 bridgehead atoms. The second-order valence-electron chi connectivity index (χ2n) is 5.64. The summed E-state index contributed by atoms with van der Waals surface area (Å²) in [5.74, 6) is 0.907. The lowest BCUT2D eigenvalue weighted by molar-refractivity contribution is 0.0981. The summed E-state index contributed by atoms with van der Waals surface area (Å²) in [5, 5.41) is 2.93. The van der Waals surface area contributed by atoms with Crippen LogP contribution in [0.25, 0.3) is 0 Å². The summed E-state index contributed by atoms with van der Waals surface area (Å²) >= 11 is 0. The fraction of sp³-hybridized carbons (Fsp3) is 0.263. The van der Waals surface area contributed by atoms with Gasteiger partial charge in [-0.25, -0.2) is 4.79 Å². The Morgan fingerprint density at radius 1 is 1.17 bits per heavy atom. The van der Waals surface area contributed by atoms with Crippen LogP contribution < -0.4 is 15.0 Å². The number of hydrogen-bond donors (Lipinski definition) is 1. The molecule has 0 radical (unpaired) electrons. The molecule has 1 N–H and O–H groups in total. The van der Waals surface area contributed by atoms with Gasteiger partial charge in [0.05, 0.1) is 12.8 Å². The van der Waals surface area contributed by atoms with E-state index >= 15 is 0 Å². The number of fused-ring (bicyclic) bond motifs is 1. The van der Waals surface area contributed by atoms with E-state index in [4.69, 9.17) is 4.74 Å². The van der Waals surface area contributed by atoms with E-state index in [-0.39, 0.29) is 11.8 Å².